The maximum atomic E-state index is 12.8. The number of nitrogens with zero attached hydrogens (tertiary/aromatic N) is 5. The number of piperidine rings is 1. The van der Waals surface area contributed by atoms with E-state index >= 15 is 0 Å². The Morgan fingerprint density at radius 2 is 2.19 bits per heavy atom. The molecule has 142 valence electrons. The van der Waals surface area contributed by atoms with Crippen molar-refractivity contribution < 1.29 is 9.32 Å². The van der Waals surface area contributed by atoms with Crippen molar-refractivity contribution in [3.8, 4) is 0 Å². The summed E-state index contributed by atoms with van der Waals surface area (Å²) in [5.74, 6) is 0.722. The minimum atomic E-state index is -0.0891. The van der Waals surface area contributed by atoms with E-state index in [1.54, 1.807) is 22.4 Å². The summed E-state index contributed by atoms with van der Waals surface area (Å²) in [5.41, 5.74) is 3.00. The molecule has 0 N–H and O–H groups in total. The third-order valence-electron chi connectivity index (χ3n) is 5.47. The van der Waals surface area contributed by atoms with Crippen LogP contribution in [0, 0.1) is 13.8 Å². The number of amides is 1. The maximum Gasteiger partial charge on any atom is 0.330 e. The molecule has 1 fully saturated rings. The Morgan fingerprint density at radius 1 is 1.37 bits per heavy atom. The Bertz CT molecular complexity index is 1040. The molecule has 0 spiro atoms. The van der Waals surface area contributed by atoms with Crippen molar-refractivity contribution in [3.63, 3.8) is 0 Å². The number of hydrogen-bond donors (Lipinski definition) is 0. The van der Waals surface area contributed by atoms with Gasteiger partial charge < -0.3 is 9.42 Å². The van der Waals surface area contributed by atoms with Gasteiger partial charge in [-0.25, -0.2) is 9.78 Å². The van der Waals surface area contributed by atoms with Crippen molar-refractivity contribution >= 4 is 17.1 Å². The third kappa shape index (κ3) is 2.94. The molecule has 0 bridgehead atoms. The highest BCUT2D eigenvalue weighted by atomic mass is 16.5. The minimum Gasteiger partial charge on any atom is -0.361 e. The second kappa shape index (κ2) is 6.68. The quantitative estimate of drug-likeness (QED) is 0.702. The Morgan fingerprint density at radius 3 is 2.93 bits per heavy atom. The van der Waals surface area contributed by atoms with Crippen LogP contribution in [0.2, 0.25) is 0 Å². The summed E-state index contributed by atoms with van der Waals surface area (Å²) >= 11 is 0. The summed E-state index contributed by atoms with van der Waals surface area (Å²) < 4.78 is 8.52. The van der Waals surface area contributed by atoms with E-state index in [0.29, 0.717) is 24.5 Å². The van der Waals surface area contributed by atoms with Gasteiger partial charge in [0.05, 0.1) is 23.7 Å². The summed E-state index contributed by atoms with van der Waals surface area (Å²) in [6.07, 6.45) is 3.68. The van der Waals surface area contributed by atoms with E-state index in [2.05, 4.69) is 10.1 Å². The number of carbonyl (C=O) groups excluding carboxylic acids is 1. The predicted molar refractivity (Wildman–Crippen MR) is 99.5 cm³/mol. The Hall–Kier alpha value is -2.90. The number of hydrogen-bond acceptors (Lipinski definition) is 5. The standard InChI is InChI=1S/C19H23N5O3/c1-12-15(13(2)27-21-12)10-17(25)23-9-5-6-14(11-23)24-18-16(7-4-8-20-18)22(3)19(24)26/h4,7-8,14H,5-6,9-11H2,1-3H3/t14-/m0/s1. The zero-order chi connectivity index (χ0) is 19.1. The van der Waals surface area contributed by atoms with Crippen LogP contribution in [-0.4, -0.2) is 43.2 Å². The fraction of sp³-hybridized carbons (Fsp3) is 0.474. The summed E-state index contributed by atoms with van der Waals surface area (Å²) in [6, 6.07) is 3.65. The number of imidazole rings is 1. The van der Waals surface area contributed by atoms with E-state index < -0.39 is 0 Å². The number of rotatable bonds is 3. The fourth-order valence-corrected chi connectivity index (χ4v) is 3.93. The molecular formula is C19H23N5O3. The van der Waals surface area contributed by atoms with Gasteiger partial charge in [0.2, 0.25) is 5.91 Å². The summed E-state index contributed by atoms with van der Waals surface area (Å²) in [4.78, 5) is 31.9. The van der Waals surface area contributed by atoms with E-state index in [-0.39, 0.29) is 24.1 Å². The molecule has 1 amide bonds. The molecule has 3 aromatic rings. The van der Waals surface area contributed by atoms with Gasteiger partial charge in [0.15, 0.2) is 5.65 Å². The first-order valence-electron chi connectivity index (χ1n) is 9.19. The number of carbonyl (C=O) groups is 1. The minimum absolute atomic E-state index is 0.0374. The van der Waals surface area contributed by atoms with E-state index in [4.69, 9.17) is 4.52 Å². The van der Waals surface area contributed by atoms with Crippen LogP contribution in [0.5, 0.6) is 0 Å². The fourth-order valence-electron chi connectivity index (χ4n) is 3.93. The van der Waals surface area contributed by atoms with Gasteiger partial charge in [-0.2, -0.15) is 0 Å². The lowest BCUT2D eigenvalue weighted by atomic mass is 10.0. The number of pyridine rings is 1. The average Bonchev–Trinajstić information content (AvgIpc) is 3.13. The van der Waals surface area contributed by atoms with Gasteiger partial charge in [0.25, 0.3) is 0 Å². The zero-order valence-electron chi connectivity index (χ0n) is 15.8. The lowest BCUT2D eigenvalue weighted by Gasteiger charge is -2.33. The zero-order valence-corrected chi connectivity index (χ0v) is 15.8. The molecular weight excluding hydrogens is 346 g/mol. The number of fused-ring (bicyclic) bond motifs is 1. The van der Waals surface area contributed by atoms with Crippen LogP contribution in [0.3, 0.4) is 0 Å². The number of likely N-dealkylation sites (tertiary alicyclic amines) is 1. The van der Waals surface area contributed by atoms with Gasteiger partial charge in [0, 0.05) is 31.9 Å². The van der Waals surface area contributed by atoms with Gasteiger partial charge in [-0.3, -0.25) is 13.9 Å². The first kappa shape index (κ1) is 17.5. The molecule has 1 saturated heterocycles. The third-order valence-corrected chi connectivity index (χ3v) is 5.47. The van der Waals surface area contributed by atoms with Crippen LogP contribution in [0.4, 0.5) is 0 Å². The largest absolute Gasteiger partial charge is 0.361 e. The van der Waals surface area contributed by atoms with Crippen molar-refractivity contribution in [2.24, 2.45) is 7.05 Å². The molecule has 0 unspecified atom stereocenters. The van der Waals surface area contributed by atoms with Crippen LogP contribution < -0.4 is 5.69 Å². The molecule has 3 aromatic heterocycles. The predicted octanol–water partition coefficient (Wildman–Crippen LogP) is 1.75. The van der Waals surface area contributed by atoms with Crippen LogP contribution in [-0.2, 0) is 18.3 Å². The van der Waals surface area contributed by atoms with Crippen LogP contribution in [0.25, 0.3) is 11.2 Å². The molecule has 0 saturated carbocycles. The molecule has 1 aliphatic rings. The molecule has 0 aliphatic carbocycles. The lowest BCUT2D eigenvalue weighted by molar-refractivity contribution is -0.132. The summed E-state index contributed by atoms with van der Waals surface area (Å²) in [5, 5.41) is 3.92. The Labute approximate surface area is 156 Å². The second-order valence-electron chi connectivity index (χ2n) is 7.17. The first-order valence-corrected chi connectivity index (χ1v) is 9.19. The van der Waals surface area contributed by atoms with Crippen molar-refractivity contribution in [2.75, 3.05) is 13.1 Å². The molecule has 27 heavy (non-hydrogen) atoms. The number of aromatic nitrogens is 4. The van der Waals surface area contributed by atoms with Crippen molar-refractivity contribution in [3.05, 3.63) is 45.8 Å². The summed E-state index contributed by atoms with van der Waals surface area (Å²) in [6.45, 7) is 4.88. The van der Waals surface area contributed by atoms with Crippen molar-refractivity contribution in [1.82, 2.24) is 24.2 Å². The molecule has 1 atom stereocenters. The average molecular weight is 369 g/mol. The van der Waals surface area contributed by atoms with E-state index in [1.165, 1.54) is 0 Å². The molecule has 4 rings (SSSR count). The normalized spacial score (nSPS) is 17.6. The van der Waals surface area contributed by atoms with Crippen LogP contribution in [0.15, 0.2) is 27.6 Å². The first-order chi connectivity index (χ1) is 13.0. The van der Waals surface area contributed by atoms with Crippen LogP contribution in [0.1, 0.15) is 35.9 Å². The molecule has 8 nitrogen and oxygen atoms in total. The molecule has 0 aromatic carbocycles. The highest BCUT2D eigenvalue weighted by molar-refractivity contribution is 5.79. The van der Waals surface area contributed by atoms with Crippen LogP contribution >= 0.6 is 0 Å². The lowest BCUT2D eigenvalue weighted by Crippen LogP contribution is -2.43. The molecule has 8 heteroatoms. The van der Waals surface area contributed by atoms with Crippen molar-refractivity contribution in [1.29, 1.82) is 0 Å². The molecule has 4 heterocycles. The van der Waals surface area contributed by atoms with Gasteiger partial charge in [0.1, 0.15) is 5.76 Å². The maximum absolute atomic E-state index is 12.8. The van der Waals surface area contributed by atoms with E-state index in [1.807, 2.05) is 30.9 Å². The topological polar surface area (TPSA) is 86.2 Å². The smallest absolute Gasteiger partial charge is 0.330 e. The highest BCUT2D eigenvalue weighted by Crippen LogP contribution is 2.25. The molecule has 0 radical (unpaired) electrons. The Balaban J connectivity index is 1.60. The highest BCUT2D eigenvalue weighted by Gasteiger charge is 2.29. The number of aryl methyl sites for hydroxylation is 3. The van der Waals surface area contributed by atoms with E-state index in [0.717, 1.165) is 29.6 Å². The van der Waals surface area contributed by atoms with Crippen molar-refractivity contribution in [2.45, 2.75) is 39.2 Å². The second-order valence-corrected chi connectivity index (χ2v) is 7.17. The SMILES string of the molecule is Cc1noc(C)c1CC(=O)N1CCC[C@H](n2c(=O)n(C)c3cccnc32)C1. The van der Waals surface area contributed by atoms with Gasteiger partial charge in [-0.15, -0.1) is 0 Å². The van der Waals surface area contributed by atoms with Gasteiger partial charge in [-0.05, 0) is 38.8 Å². The monoisotopic (exact) mass is 369 g/mol. The van der Waals surface area contributed by atoms with Gasteiger partial charge >= 0.3 is 5.69 Å². The summed E-state index contributed by atoms with van der Waals surface area (Å²) in [7, 11) is 1.76. The van der Waals surface area contributed by atoms with E-state index in [9.17, 15) is 9.59 Å². The van der Waals surface area contributed by atoms with Gasteiger partial charge in [-0.1, -0.05) is 5.16 Å². The Kier molecular flexibility index (Phi) is 4.33. The molecule has 1 aliphatic heterocycles.